The van der Waals surface area contributed by atoms with Gasteiger partial charge in [-0.25, -0.2) is 9.48 Å². The van der Waals surface area contributed by atoms with Gasteiger partial charge in [-0.1, -0.05) is 11.6 Å². The Morgan fingerprint density at radius 1 is 1.19 bits per heavy atom. The van der Waals surface area contributed by atoms with Crippen molar-refractivity contribution in [3.05, 3.63) is 41.4 Å². The molecule has 0 atom stereocenters. The summed E-state index contributed by atoms with van der Waals surface area (Å²) >= 11 is 0. The summed E-state index contributed by atoms with van der Waals surface area (Å²) < 4.78 is 7.53. The zero-order valence-corrected chi connectivity index (χ0v) is 14.8. The van der Waals surface area contributed by atoms with E-state index in [-0.39, 0.29) is 31.6 Å². The minimum atomic E-state index is -0.345. The molecule has 2 aliphatic rings. The number of urea groups is 1. The highest BCUT2D eigenvalue weighted by Gasteiger charge is 2.38. The topological polar surface area (TPSA) is 97.4 Å². The normalized spacial score (nSPS) is 17.5. The Balaban J connectivity index is 1.33. The number of hydrogen-bond donors (Lipinski definition) is 0. The molecule has 0 bridgehead atoms. The standard InChI is InChI=1S/C18H18N6O3/c1-11-2-5-15-12(6-11)7-14(27-15)8-23-17(25)10-22(18(23)26)9-16-19-20-21-24(16)13-3-4-13/h2,5-7,13H,3-4,8-10H2,1H3. The third-order valence-electron chi connectivity index (χ3n) is 4.95. The third-order valence-corrected chi connectivity index (χ3v) is 4.95. The summed E-state index contributed by atoms with van der Waals surface area (Å²) in [6.45, 7) is 2.38. The van der Waals surface area contributed by atoms with Gasteiger partial charge in [-0.3, -0.25) is 9.69 Å². The number of carbonyl (C=O) groups is 2. The summed E-state index contributed by atoms with van der Waals surface area (Å²) in [5.41, 5.74) is 1.87. The van der Waals surface area contributed by atoms with E-state index in [1.807, 2.05) is 31.2 Å². The molecule has 1 saturated heterocycles. The average molecular weight is 366 g/mol. The molecule has 5 rings (SSSR count). The first-order valence-electron chi connectivity index (χ1n) is 8.93. The van der Waals surface area contributed by atoms with Gasteiger partial charge in [0, 0.05) is 5.39 Å². The van der Waals surface area contributed by atoms with Gasteiger partial charge in [-0.2, -0.15) is 0 Å². The maximum absolute atomic E-state index is 12.7. The lowest BCUT2D eigenvalue weighted by atomic mass is 10.2. The monoisotopic (exact) mass is 366 g/mol. The first kappa shape index (κ1) is 16.0. The number of hydrogen-bond acceptors (Lipinski definition) is 6. The molecule has 9 nitrogen and oxygen atoms in total. The highest BCUT2D eigenvalue weighted by Crippen LogP contribution is 2.34. The Hall–Kier alpha value is -3.23. The molecular formula is C18H18N6O3. The van der Waals surface area contributed by atoms with Crippen LogP contribution in [0.1, 0.15) is 36.0 Å². The zero-order valence-electron chi connectivity index (χ0n) is 14.8. The maximum atomic E-state index is 12.7. The molecule has 1 aliphatic heterocycles. The summed E-state index contributed by atoms with van der Waals surface area (Å²) in [5.74, 6) is 0.948. The number of nitrogens with zero attached hydrogens (tertiary/aromatic N) is 6. The summed E-state index contributed by atoms with van der Waals surface area (Å²) in [6, 6.07) is 7.72. The number of aromatic nitrogens is 4. The van der Waals surface area contributed by atoms with Crippen LogP contribution in [0.2, 0.25) is 0 Å². The molecule has 138 valence electrons. The Kier molecular flexibility index (Phi) is 3.49. The highest BCUT2D eigenvalue weighted by atomic mass is 16.3. The van der Waals surface area contributed by atoms with Gasteiger partial charge in [0.2, 0.25) is 0 Å². The number of amides is 3. The van der Waals surface area contributed by atoms with Crippen molar-refractivity contribution in [3.63, 3.8) is 0 Å². The van der Waals surface area contributed by atoms with E-state index >= 15 is 0 Å². The molecule has 9 heteroatoms. The van der Waals surface area contributed by atoms with Crippen molar-refractivity contribution in [2.45, 2.75) is 38.9 Å². The first-order valence-corrected chi connectivity index (χ1v) is 8.93. The van der Waals surface area contributed by atoms with Crippen LogP contribution in [0.3, 0.4) is 0 Å². The highest BCUT2D eigenvalue weighted by molar-refractivity contribution is 6.01. The second kappa shape index (κ2) is 5.90. The number of tetrazole rings is 1. The number of fused-ring (bicyclic) bond motifs is 1. The smallest absolute Gasteiger partial charge is 0.328 e. The van der Waals surface area contributed by atoms with Crippen molar-refractivity contribution in [1.29, 1.82) is 0 Å². The number of aryl methyl sites for hydroxylation is 1. The van der Waals surface area contributed by atoms with Crippen LogP contribution in [0.25, 0.3) is 11.0 Å². The second-order valence-electron chi connectivity index (χ2n) is 7.14. The molecule has 1 saturated carbocycles. The van der Waals surface area contributed by atoms with Crippen molar-refractivity contribution < 1.29 is 14.0 Å². The van der Waals surface area contributed by atoms with Gasteiger partial charge in [0.1, 0.15) is 17.9 Å². The van der Waals surface area contributed by atoms with Gasteiger partial charge < -0.3 is 9.32 Å². The van der Waals surface area contributed by atoms with Gasteiger partial charge >= 0.3 is 6.03 Å². The van der Waals surface area contributed by atoms with Gasteiger partial charge in [0.15, 0.2) is 5.82 Å². The number of benzene rings is 1. The van der Waals surface area contributed by atoms with E-state index in [0.717, 1.165) is 29.4 Å². The predicted octanol–water partition coefficient (Wildman–Crippen LogP) is 2.03. The minimum Gasteiger partial charge on any atom is -0.459 e. The van der Waals surface area contributed by atoms with Crippen LogP contribution in [-0.4, -0.2) is 48.5 Å². The van der Waals surface area contributed by atoms with Crippen molar-refractivity contribution in [1.82, 2.24) is 30.0 Å². The lowest BCUT2D eigenvalue weighted by Gasteiger charge is -2.15. The molecule has 0 N–H and O–H groups in total. The maximum Gasteiger partial charge on any atom is 0.328 e. The molecule has 2 fully saturated rings. The van der Waals surface area contributed by atoms with E-state index in [4.69, 9.17) is 4.42 Å². The number of imide groups is 1. The lowest BCUT2D eigenvalue weighted by Crippen LogP contribution is -2.32. The van der Waals surface area contributed by atoms with Crippen molar-refractivity contribution in [3.8, 4) is 0 Å². The van der Waals surface area contributed by atoms with Crippen LogP contribution in [-0.2, 0) is 17.9 Å². The molecule has 0 spiro atoms. The van der Waals surface area contributed by atoms with Gasteiger partial charge in [-0.05, 0) is 48.4 Å². The Morgan fingerprint density at radius 3 is 2.85 bits per heavy atom. The van der Waals surface area contributed by atoms with Crippen molar-refractivity contribution in [2.75, 3.05) is 6.54 Å². The van der Waals surface area contributed by atoms with E-state index in [1.165, 1.54) is 9.80 Å². The minimum absolute atomic E-state index is 0.0235. The van der Waals surface area contributed by atoms with Gasteiger partial charge in [0.25, 0.3) is 5.91 Å². The molecule has 0 unspecified atom stereocenters. The Labute approximate surface area is 154 Å². The quantitative estimate of drug-likeness (QED) is 0.641. The number of rotatable bonds is 5. The number of furan rings is 1. The second-order valence-corrected chi connectivity index (χ2v) is 7.14. The van der Waals surface area contributed by atoms with E-state index in [2.05, 4.69) is 15.5 Å². The molecule has 3 amide bonds. The molecule has 27 heavy (non-hydrogen) atoms. The van der Waals surface area contributed by atoms with Crippen LogP contribution in [0, 0.1) is 6.92 Å². The van der Waals surface area contributed by atoms with Crippen molar-refractivity contribution in [2.24, 2.45) is 0 Å². The van der Waals surface area contributed by atoms with Gasteiger partial charge in [-0.15, -0.1) is 5.10 Å². The Bertz CT molecular complexity index is 1050. The Morgan fingerprint density at radius 2 is 2.04 bits per heavy atom. The van der Waals surface area contributed by atoms with Crippen LogP contribution in [0.5, 0.6) is 0 Å². The zero-order chi connectivity index (χ0) is 18.5. The first-order chi connectivity index (χ1) is 13.1. The van der Waals surface area contributed by atoms with Crippen LogP contribution in [0.15, 0.2) is 28.7 Å². The SMILES string of the molecule is Cc1ccc2oc(CN3C(=O)CN(Cc4nnnn4C4CC4)C3=O)cc2c1. The van der Waals surface area contributed by atoms with Crippen molar-refractivity contribution >= 4 is 22.9 Å². The lowest BCUT2D eigenvalue weighted by molar-refractivity contribution is -0.125. The fraction of sp³-hybridized carbons (Fsp3) is 0.389. The largest absolute Gasteiger partial charge is 0.459 e. The predicted molar refractivity (Wildman–Crippen MR) is 93.4 cm³/mol. The fourth-order valence-corrected chi connectivity index (χ4v) is 3.41. The summed E-state index contributed by atoms with van der Waals surface area (Å²) in [5, 5.41) is 12.7. The van der Waals surface area contributed by atoms with E-state index in [1.54, 1.807) is 4.68 Å². The molecule has 3 heterocycles. The summed E-state index contributed by atoms with van der Waals surface area (Å²) in [7, 11) is 0. The third kappa shape index (κ3) is 2.84. The fourth-order valence-electron chi connectivity index (χ4n) is 3.41. The van der Waals surface area contributed by atoms with E-state index < -0.39 is 0 Å². The summed E-state index contributed by atoms with van der Waals surface area (Å²) in [6.07, 6.45) is 2.09. The summed E-state index contributed by atoms with van der Waals surface area (Å²) in [4.78, 5) is 27.8. The average Bonchev–Trinajstić information content (AvgIpc) is 3.15. The van der Waals surface area contributed by atoms with Crippen LogP contribution < -0.4 is 0 Å². The molecular weight excluding hydrogens is 348 g/mol. The van der Waals surface area contributed by atoms with E-state index in [9.17, 15) is 9.59 Å². The van der Waals surface area contributed by atoms with Crippen LogP contribution in [0.4, 0.5) is 4.79 Å². The molecule has 3 aromatic rings. The number of carbonyl (C=O) groups excluding carboxylic acids is 2. The van der Waals surface area contributed by atoms with Crippen LogP contribution >= 0.6 is 0 Å². The molecule has 1 aromatic carbocycles. The molecule has 0 radical (unpaired) electrons. The molecule has 1 aliphatic carbocycles. The van der Waals surface area contributed by atoms with E-state index in [0.29, 0.717) is 17.6 Å². The molecule has 2 aromatic heterocycles. The van der Waals surface area contributed by atoms with Gasteiger partial charge in [0.05, 0.1) is 19.1 Å².